The molecule has 0 saturated heterocycles. The molecule has 2 heterocycles. The van der Waals surface area contributed by atoms with E-state index in [0.29, 0.717) is 12.1 Å². The van der Waals surface area contributed by atoms with E-state index < -0.39 is 0 Å². The average molecular weight is 404 g/mol. The topological polar surface area (TPSA) is 56.2 Å². The molecule has 4 rings (SSSR count). The van der Waals surface area contributed by atoms with Crippen LogP contribution in [0.4, 0.5) is 0 Å². The number of hydrogen-bond donors (Lipinski definition) is 1. The minimum atomic E-state index is -0.135. The van der Waals surface area contributed by atoms with Crippen molar-refractivity contribution in [2.75, 3.05) is 7.11 Å². The van der Waals surface area contributed by atoms with Crippen LogP contribution in [-0.4, -0.2) is 22.8 Å². The summed E-state index contributed by atoms with van der Waals surface area (Å²) in [6.07, 6.45) is 1.61. The Morgan fingerprint density at radius 1 is 1.10 bits per heavy atom. The molecule has 0 atom stereocenters. The zero-order valence-electron chi connectivity index (χ0n) is 16.3. The minimum Gasteiger partial charge on any atom is -0.497 e. The van der Waals surface area contributed by atoms with Gasteiger partial charge in [-0.15, -0.1) is 11.3 Å². The summed E-state index contributed by atoms with van der Waals surface area (Å²) in [5, 5.41) is 9.42. The lowest BCUT2D eigenvalue weighted by molar-refractivity contribution is 0.0950. The first-order valence-electron chi connectivity index (χ1n) is 9.26. The third-order valence-electron chi connectivity index (χ3n) is 4.78. The number of benzene rings is 2. The summed E-state index contributed by atoms with van der Waals surface area (Å²) in [6.45, 7) is 2.36. The molecule has 0 aliphatic heterocycles. The molecule has 0 aliphatic carbocycles. The predicted molar refractivity (Wildman–Crippen MR) is 116 cm³/mol. The minimum absolute atomic E-state index is 0.135. The Labute approximate surface area is 173 Å². The van der Waals surface area contributed by atoms with E-state index >= 15 is 0 Å². The first-order valence-corrected chi connectivity index (χ1v) is 10.1. The Hall–Kier alpha value is -3.38. The van der Waals surface area contributed by atoms with Gasteiger partial charge in [0.1, 0.15) is 5.75 Å². The number of hydrogen-bond acceptors (Lipinski definition) is 4. The third kappa shape index (κ3) is 4.07. The smallest absolute Gasteiger partial charge is 0.255 e. The molecule has 0 spiro atoms. The van der Waals surface area contributed by atoms with Crippen LogP contribution in [0.1, 0.15) is 21.6 Å². The molecule has 6 heteroatoms. The molecule has 2 aromatic carbocycles. The van der Waals surface area contributed by atoms with Crippen LogP contribution in [0.15, 0.2) is 72.2 Å². The molecule has 0 fully saturated rings. The van der Waals surface area contributed by atoms with Gasteiger partial charge in [-0.2, -0.15) is 5.10 Å². The molecule has 5 nitrogen and oxygen atoms in total. The van der Waals surface area contributed by atoms with Gasteiger partial charge in [-0.1, -0.05) is 30.3 Å². The molecule has 0 bridgehead atoms. The van der Waals surface area contributed by atoms with Gasteiger partial charge in [0.2, 0.25) is 0 Å². The second kappa shape index (κ2) is 8.32. The van der Waals surface area contributed by atoms with Crippen LogP contribution in [0, 0.1) is 6.92 Å². The fourth-order valence-corrected chi connectivity index (χ4v) is 3.86. The molecule has 2 aromatic heterocycles. The summed E-state index contributed by atoms with van der Waals surface area (Å²) in [7, 11) is 1.63. The van der Waals surface area contributed by atoms with Gasteiger partial charge in [0.15, 0.2) is 0 Å². The normalized spacial score (nSPS) is 10.7. The maximum absolute atomic E-state index is 12.7. The second-order valence-electron chi connectivity index (χ2n) is 6.61. The summed E-state index contributed by atoms with van der Waals surface area (Å²) < 4.78 is 6.94. The molecular weight excluding hydrogens is 382 g/mol. The fraction of sp³-hybridized carbons (Fsp3) is 0.130. The quantitative estimate of drug-likeness (QED) is 0.501. The van der Waals surface area contributed by atoms with Crippen molar-refractivity contribution in [2.24, 2.45) is 0 Å². The molecule has 0 radical (unpaired) electrons. The highest BCUT2D eigenvalue weighted by Gasteiger charge is 2.15. The number of amides is 1. The molecule has 146 valence electrons. The monoisotopic (exact) mass is 403 g/mol. The highest BCUT2D eigenvalue weighted by molar-refractivity contribution is 7.13. The predicted octanol–water partition coefficient (Wildman–Crippen LogP) is 4.85. The van der Waals surface area contributed by atoms with Crippen molar-refractivity contribution in [3.05, 3.63) is 89.1 Å². The Kier molecular flexibility index (Phi) is 5.44. The molecule has 29 heavy (non-hydrogen) atoms. The maximum atomic E-state index is 12.7. The zero-order valence-corrected chi connectivity index (χ0v) is 17.1. The van der Waals surface area contributed by atoms with Crippen molar-refractivity contribution in [3.63, 3.8) is 0 Å². The number of rotatable bonds is 6. The average Bonchev–Trinajstić information content (AvgIpc) is 3.43. The SMILES string of the molecule is COc1ccc(-n2ncc(C(=O)NCc3ccc(-c4cccs4)cc3)c2C)cc1. The van der Waals surface area contributed by atoms with Crippen molar-refractivity contribution in [2.45, 2.75) is 13.5 Å². The molecule has 1 N–H and O–H groups in total. The number of aromatic nitrogens is 2. The van der Waals surface area contributed by atoms with Gasteiger partial charge >= 0.3 is 0 Å². The van der Waals surface area contributed by atoms with Crippen LogP contribution in [0.5, 0.6) is 5.75 Å². The van der Waals surface area contributed by atoms with Gasteiger partial charge in [-0.25, -0.2) is 4.68 Å². The van der Waals surface area contributed by atoms with Crippen LogP contribution >= 0.6 is 11.3 Å². The van der Waals surface area contributed by atoms with Crippen molar-refractivity contribution >= 4 is 17.2 Å². The number of carbonyl (C=O) groups is 1. The number of methoxy groups -OCH3 is 1. The Morgan fingerprint density at radius 2 is 1.86 bits per heavy atom. The van der Waals surface area contributed by atoms with Crippen LogP contribution < -0.4 is 10.1 Å². The Morgan fingerprint density at radius 3 is 2.52 bits per heavy atom. The van der Waals surface area contributed by atoms with Crippen LogP contribution in [0.3, 0.4) is 0 Å². The first kappa shape index (κ1) is 19.0. The highest BCUT2D eigenvalue weighted by atomic mass is 32.1. The zero-order chi connectivity index (χ0) is 20.2. The van der Waals surface area contributed by atoms with Crippen LogP contribution in [0.25, 0.3) is 16.1 Å². The second-order valence-corrected chi connectivity index (χ2v) is 7.56. The lowest BCUT2D eigenvalue weighted by Crippen LogP contribution is -2.23. The maximum Gasteiger partial charge on any atom is 0.255 e. The van der Waals surface area contributed by atoms with E-state index in [2.05, 4.69) is 34.0 Å². The van der Waals surface area contributed by atoms with Gasteiger partial charge < -0.3 is 10.1 Å². The van der Waals surface area contributed by atoms with E-state index in [1.807, 2.05) is 49.4 Å². The number of thiophene rings is 1. The first-order chi connectivity index (χ1) is 14.2. The van der Waals surface area contributed by atoms with E-state index in [-0.39, 0.29) is 5.91 Å². The van der Waals surface area contributed by atoms with Gasteiger partial charge in [0, 0.05) is 11.4 Å². The number of nitrogens with one attached hydrogen (secondary N) is 1. The van der Waals surface area contributed by atoms with Crippen molar-refractivity contribution in [3.8, 4) is 21.9 Å². The van der Waals surface area contributed by atoms with Gasteiger partial charge in [-0.05, 0) is 53.8 Å². The standard InChI is InChI=1S/C23H21N3O2S/c1-16-21(15-25-26(16)19-9-11-20(28-2)12-10-19)23(27)24-14-17-5-7-18(8-6-17)22-4-3-13-29-22/h3-13,15H,14H2,1-2H3,(H,24,27). The van der Waals surface area contributed by atoms with E-state index in [1.165, 1.54) is 10.4 Å². The Balaban J connectivity index is 1.43. The van der Waals surface area contributed by atoms with E-state index in [4.69, 9.17) is 4.74 Å². The molecule has 1 amide bonds. The van der Waals surface area contributed by atoms with Crippen molar-refractivity contribution in [1.82, 2.24) is 15.1 Å². The lowest BCUT2D eigenvalue weighted by Gasteiger charge is -2.08. The third-order valence-corrected chi connectivity index (χ3v) is 5.70. The van der Waals surface area contributed by atoms with Crippen molar-refractivity contribution < 1.29 is 9.53 Å². The van der Waals surface area contributed by atoms with E-state index in [0.717, 1.165) is 22.7 Å². The number of nitrogens with zero attached hydrogens (tertiary/aromatic N) is 2. The van der Waals surface area contributed by atoms with Crippen molar-refractivity contribution in [1.29, 1.82) is 0 Å². The van der Waals surface area contributed by atoms with Gasteiger partial charge in [0.25, 0.3) is 5.91 Å². The summed E-state index contributed by atoms with van der Waals surface area (Å²) >= 11 is 1.72. The van der Waals surface area contributed by atoms with E-state index in [9.17, 15) is 4.79 Å². The van der Waals surface area contributed by atoms with E-state index in [1.54, 1.807) is 29.3 Å². The molecule has 4 aromatic rings. The molecular formula is C23H21N3O2S. The lowest BCUT2D eigenvalue weighted by atomic mass is 10.1. The molecule has 0 aliphatic rings. The van der Waals surface area contributed by atoms with Crippen LogP contribution in [-0.2, 0) is 6.54 Å². The fourth-order valence-electron chi connectivity index (χ4n) is 3.12. The van der Waals surface area contributed by atoms with Crippen LogP contribution in [0.2, 0.25) is 0 Å². The summed E-state index contributed by atoms with van der Waals surface area (Å²) in [5.74, 6) is 0.645. The highest BCUT2D eigenvalue weighted by Crippen LogP contribution is 2.24. The molecule has 0 unspecified atom stereocenters. The number of ether oxygens (including phenoxy) is 1. The molecule has 0 saturated carbocycles. The van der Waals surface area contributed by atoms with Gasteiger partial charge in [-0.3, -0.25) is 4.79 Å². The van der Waals surface area contributed by atoms with Gasteiger partial charge in [0.05, 0.1) is 30.3 Å². The summed E-state index contributed by atoms with van der Waals surface area (Å²) in [4.78, 5) is 13.9. The Bertz CT molecular complexity index is 1100. The summed E-state index contributed by atoms with van der Waals surface area (Å²) in [6, 6.07) is 20.0. The largest absolute Gasteiger partial charge is 0.497 e. The number of carbonyl (C=O) groups excluding carboxylic acids is 1. The summed E-state index contributed by atoms with van der Waals surface area (Å²) in [5.41, 5.74) is 4.48.